The summed E-state index contributed by atoms with van der Waals surface area (Å²) in [5.74, 6) is 0.262. The quantitative estimate of drug-likeness (QED) is 0.783. The van der Waals surface area contributed by atoms with E-state index in [1.807, 2.05) is 6.92 Å². The Morgan fingerprint density at radius 1 is 1.32 bits per heavy atom. The Morgan fingerprint density at radius 3 is 2.48 bits per heavy atom. The monoisotopic (exact) mass is 377 g/mol. The number of aromatic nitrogens is 1. The van der Waals surface area contributed by atoms with Crippen LogP contribution in [0.1, 0.15) is 6.92 Å². The van der Waals surface area contributed by atoms with Crippen molar-refractivity contribution in [2.45, 2.75) is 6.92 Å². The van der Waals surface area contributed by atoms with Crippen LogP contribution in [0.15, 0.2) is 65.3 Å². The summed E-state index contributed by atoms with van der Waals surface area (Å²) in [4.78, 5) is 22.6. The molecule has 0 N–H and O–H groups in total. The summed E-state index contributed by atoms with van der Waals surface area (Å²) in [5, 5.41) is 0.574. The molecule has 1 aromatic heterocycles. The fourth-order valence-corrected chi connectivity index (χ4v) is 3.08. The van der Waals surface area contributed by atoms with Gasteiger partial charge in [-0.1, -0.05) is 35.9 Å². The Hall–Kier alpha value is -2.37. The van der Waals surface area contributed by atoms with Gasteiger partial charge in [0.05, 0.1) is 22.8 Å². The number of amides is 1. The average molecular weight is 378 g/mol. The number of hydrogen-bond acceptors (Lipinski definition) is 4. The van der Waals surface area contributed by atoms with E-state index in [1.165, 1.54) is 23.5 Å². The van der Waals surface area contributed by atoms with Gasteiger partial charge < -0.3 is 9.64 Å². The van der Waals surface area contributed by atoms with Crippen molar-refractivity contribution in [2.24, 2.45) is 4.99 Å². The van der Waals surface area contributed by atoms with Crippen LogP contribution in [0.5, 0.6) is 0 Å². The summed E-state index contributed by atoms with van der Waals surface area (Å²) in [6.07, 6.45) is 9.43. The van der Waals surface area contributed by atoms with Gasteiger partial charge in [0, 0.05) is 36.8 Å². The normalized spacial score (nSPS) is 17.2. The first-order valence-corrected chi connectivity index (χ1v) is 8.11. The summed E-state index contributed by atoms with van der Waals surface area (Å²) >= 11 is 12.3. The smallest absolute Gasteiger partial charge is 0.258 e. The topological polar surface area (TPSA) is 54.8 Å². The first-order chi connectivity index (χ1) is 12.0. The summed E-state index contributed by atoms with van der Waals surface area (Å²) in [7, 11) is 3.14. The van der Waals surface area contributed by atoms with Gasteiger partial charge >= 0.3 is 0 Å². The Labute approximate surface area is 156 Å². The van der Waals surface area contributed by atoms with Gasteiger partial charge in [0.2, 0.25) is 0 Å². The van der Waals surface area contributed by atoms with Gasteiger partial charge in [0.1, 0.15) is 11.5 Å². The minimum absolute atomic E-state index is 0.286. The minimum Gasteiger partial charge on any atom is -0.494 e. The van der Waals surface area contributed by atoms with Gasteiger partial charge in [-0.05, 0) is 19.1 Å². The number of pyridine rings is 1. The fourth-order valence-electron chi connectivity index (χ4n) is 2.46. The van der Waals surface area contributed by atoms with E-state index >= 15 is 0 Å². The number of anilines is 1. The van der Waals surface area contributed by atoms with E-state index in [1.54, 1.807) is 32.4 Å². The molecule has 0 aliphatic heterocycles. The SMILES string of the molecule is C=C/N=C1/C(OC)=CC=C(C(=O)N(C)c2c(Cl)cncc2Cl)/C1=C/C. The van der Waals surface area contributed by atoms with Crippen LogP contribution in [0.3, 0.4) is 0 Å². The maximum Gasteiger partial charge on any atom is 0.258 e. The molecule has 0 spiro atoms. The van der Waals surface area contributed by atoms with Gasteiger partial charge in [-0.15, -0.1) is 0 Å². The van der Waals surface area contributed by atoms with E-state index in [4.69, 9.17) is 27.9 Å². The minimum atomic E-state index is -0.286. The van der Waals surface area contributed by atoms with E-state index in [0.29, 0.717) is 28.3 Å². The van der Waals surface area contributed by atoms with Crippen LogP contribution in [0.2, 0.25) is 10.0 Å². The molecule has 1 amide bonds. The molecule has 7 heteroatoms. The van der Waals surface area contributed by atoms with Crippen molar-refractivity contribution >= 4 is 40.5 Å². The lowest BCUT2D eigenvalue weighted by Crippen LogP contribution is -2.31. The molecule has 1 aliphatic rings. The van der Waals surface area contributed by atoms with Gasteiger partial charge in [-0.3, -0.25) is 14.8 Å². The predicted molar refractivity (Wildman–Crippen MR) is 102 cm³/mol. The number of carbonyl (C=O) groups is 1. The molecule has 0 fully saturated rings. The van der Waals surface area contributed by atoms with Gasteiger partial charge in [0.15, 0.2) is 0 Å². The van der Waals surface area contributed by atoms with E-state index < -0.39 is 0 Å². The molecule has 2 rings (SSSR count). The number of carbonyl (C=O) groups excluding carboxylic acids is 1. The molecular formula is C18H17Cl2N3O2. The van der Waals surface area contributed by atoms with Gasteiger partial charge in [0.25, 0.3) is 5.91 Å². The molecule has 1 aliphatic carbocycles. The number of rotatable bonds is 4. The molecule has 0 saturated heterocycles. The fraction of sp³-hybridized carbons (Fsp3) is 0.167. The maximum atomic E-state index is 13.0. The van der Waals surface area contributed by atoms with Gasteiger partial charge in [-0.2, -0.15) is 0 Å². The second-order valence-electron chi connectivity index (χ2n) is 4.99. The van der Waals surface area contributed by atoms with Crippen molar-refractivity contribution in [1.82, 2.24) is 4.98 Å². The van der Waals surface area contributed by atoms with Crippen molar-refractivity contribution in [1.29, 1.82) is 0 Å². The zero-order chi connectivity index (χ0) is 18.6. The Kier molecular flexibility index (Phi) is 6.17. The first-order valence-electron chi connectivity index (χ1n) is 7.35. The first kappa shape index (κ1) is 19.0. The zero-order valence-electron chi connectivity index (χ0n) is 14.1. The Bertz CT molecular complexity index is 818. The van der Waals surface area contributed by atoms with E-state index in [0.717, 1.165) is 0 Å². The zero-order valence-corrected chi connectivity index (χ0v) is 15.6. The maximum absolute atomic E-state index is 13.0. The number of halogens is 2. The molecule has 0 aromatic carbocycles. The van der Waals surface area contributed by atoms with Crippen LogP contribution in [0.25, 0.3) is 0 Å². The highest BCUT2D eigenvalue weighted by Crippen LogP contribution is 2.34. The number of nitrogens with zero attached hydrogens (tertiary/aromatic N) is 3. The van der Waals surface area contributed by atoms with E-state index in [2.05, 4.69) is 16.6 Å². The number of allylic oxidation sites excluding steroid dienone is 4. The molecule has 1 heterocycles. The molecule has 0 bridgehead atoms. The molecular weight excluding hydrogens is 361 g/mol. The van der Waals surface area contributed by atoms with Crippen LogP contribution >= 0.6 is 23.2 Å². The van der Waals surface area contributed by atoms with Crippen LogP contribution in [0, 0.1) is 0 Å². The highest BCUT2D eigenvalue weighted by Gasteiger charge is 2.28. The lowest BCUT2D eigenvalue weighted by Gasteiger charge is -2.24. The molecule has 1 aromatic rings. The molecule has 0 saturated carbocycles. The van der Waals surface area contributed by atoms with Crippen LogP contribution in [0.4, 0.5) is 5.69 Å². The van der Waals surface area contributed by atoms with E-state index in [-0.39, 0.29) is 16.0 Å². The summed E-state index contributed by atoms with van der Waals surface area (Å²) < 4.78 is 5.32. The second kappa shape index (κ2) is 8.14. The second-order valence-corrected chi connectivity index (χ2v) is 5.81. The average Bonchev–Trinajstić information content (AvgIpc) is 2.60. The third-order valence-electron chi connectivity index (χ3n) is 3.61. The number of methoxy groups -OCH3 is 1. The van der Waals surface area contributed by atoms with Crippen LogP contribution in [-0.2, 0) is 9.53 Å². The Balaban J connectivity index is 2.51. The largest absolute Gasteiger partial charge is 0.494 e. The third kappa shape index (κ3) is 3.67. The van der Waals surface area contributed by atoms with Crippen molar-refractivity contribution < 1.29 is 9.53 Å². The molecule has 0 unspecified atom stereocenters. The predicted octanol–water partition coefficient (Wildman–Crippen LogP) is 4.35. The molecule has 0 atom stereocenters. The van der Waals surface area contributed by atoms with Crippen LogP contribution < -0.4 is 4.90 Å². The molecule has 130 valence electrons. The summed E-state index contributed by atoms with van der Waals surface area (Å²) in [6.45, 7) is 5.43. The summed E-state index contributed by atoms with van der Waals surface area (Å²) in [5.41, 5.74) is 2.00. The lowest BCUT2D eigenvalue weighted by atomic mass is 9.93. The van der Waals surface area contributed by atoms with Crippen molar-refractivity contribution in [3.63, 3.8) is 0 Å². The van der Waals surface area contributed by atoms with E-state index in [9.17, 15) is 4.79 Å². The lowest BCUT2D eigenvalue weighted by molar-refractivity contribution is -0.114. The number of aliphatic imine (C=N–C) groups is 1. The van der Waals surface area contributed by atoms with Crippen molar-refractivity contribution in [3.05, 3.63) is 70.4 Å². The number of ether oxygens (including phenoxy) is 1. The number of hydrogen-bond donors (Lipinski definition) is 0. The van der Waals surface area contributed by atoms with Crippen LogP contribution in [-0.4, -0.2) is 30.8 Å². The summed E-state index contributed by atoms with van der Waals surface area (Å²) in [6, 6.07) is 0. The molecule has 25 heavy (non-hydrogen) atoms. The number of likely N-dealkylation sites (N-methyl/N-ethyl adjacent to an activating group) is 1. The molecule has 0 radical (unpaired) electrons. The highest BCUT2D eigenvalue weighted by molar-refractivity contribution is 6.40. The van der Waals surface area contributed by atoms with Crippen molar-refractivity contribution in [3.8, 4) is 0 Å². The van der Waals surface area contributed by atoms with Crippen molar-refractivity contribution in [2.75, 3.05) is 19.1 Å². The van der Waals surface area contributed by atoms with Gasteiger partial charge in [-0.25, -0.2) is 0 Å². The molecule has 5 nitrogen and oxygen atoms in total. The standard InChI is InChI=1S/C18H17Cl2N3O2/c1-5-11-12(7-8-15(25-4)16(11)22-6-2)18(24)23(3)17-13(19)9-21-10-14(17)20/h5-10H,2H2,1,3-4H3/b11-5-,22-16+. The Morgan fingerprint density at radius 2 is 1.96 bits per heavy atom. The third-order valence-corrected chi connectivity index (χ3v) is 4.16. The highest BCUT2D eigenvalue weighted by atomic mass is 35.5.